The molecule has 0 atom stereocenters. The van der Waals surface area contributed by atoms with Gasteiger partial charge in [-0.1, -0.05) is 30.3 Å². The third-order valence-corrected chi connectivity index (χ3v) is 4.64. The molecule has 1 N–H and O–H groups in total. The Morgan fingerprint density at radius 3 is 2.62 bits per heavy atom. The highest BCUT2D eigenvalue weighted by Gasteiger charge is 2.20. The Balaban J connectivity index is 1.70. The number of benzene rings is 2. The van der Waals surface area contributed by atoms with Crippen LogP contribution in [0.2, 0.25) is 0 Å². The molecule has 0 saturated carbocycles. The summed E-state index contributed by atoms with van der Waals surface area (Å²) in [5, 5.41) is 5.35. The van der Waals surface area contributed by atoms with E-state index in [2.05, 4.69) is 5.32 Å². The quantitative estimate of drug-likeness (QED) is 0.739. The molecule has 0 aliphatic heterocycles. The Hall–Kier alpha value is -2.73. The fraction of sp³-hybridized carbons (Fsp3) is 0.111. The van der Waals surface area contributed by atoms with Crippen LogP contribution in [-0.4, -0.2) is 23.8 Å². The highest BCUT2D eigenvalue weighted by molar-refractivity contribution is 7.17. The predicted molar refractivity (Wildman–Crippen MR) is 93.3 cm³/mol. The van der Waals surface area contributed by atoms with Crippen molar-refractivity contribution in [1.29, 1.82) is 0 Å². The van der Waals surface area contributed by atoms with Gasteiger partial charge in [0.1, 0.15) is 5.82 Å². The zero-order chi connectivity index (χ0) is 17.1. The first-order valence-electron chi connectivity index (χ1n) is 7.32. The molecule has 24 heavy (non-hydrogen) atoms. The van der Waals surface area contributed by atoms with E-state index in [1.165, 1.54) is 23.1 Å². The van der Waals surface area contributed by atoms with Gasteiger partial charge in [-0.05, 0) is 34.5 Å². The van der Waals surface area contributed by atoms with Crippen LogP contribution in [0.15, 0.2) is 53.9 Å². The molecular formula is C18H15FN2O2S. The number of nitrogens with one attached hydrogen (secondary N) is 1. The number of carbonyl (C=O) groups is 2. The number of carbonyl (C=O) groups excluding carboxylic acids is 2. The minimum Gasteiger partial charge on any atom is -0.333 e. The summed E-state index contributed by atoms with van der Waals surface area (Å²) < 4.78 is 14.7. The minimum absolute atomic E-state index is 0.00904. The number of nitrogens with zero attached hydrogens (tertiary/aromatic N) is 1. The fourth-order valence-electron chi connectivity index (χ4n) is 2.39. The SMILES string of the molecule is CN(Cc1csc2ccccc12)C(=O)C(=O)Nc1ccccc1F. The van der Waals surface area contributed by atoms with Crippen LogP contribution >= 0.6 is 11.3 Å². The Morgan fingerprint density at radius 2 is 1.83 bits per heavy atom. The van der Waals surface area contributed by atoms with E-state index >= 15 is 0 Å². The molecule has 3 rings (SSSR count). The summed E-state index contributed by atoms with van der Waals surface area (Å²) >= 11 is 1.59. The van der Waals surface area contributed by atoms with Crippen LogP contribution in [-0.2, 0) is 16.1 Å². The van der Waals surface area contributed by atoms with Gasteiger partial charge in [-0.15, -0.1) is 11.3 Å². The van der Waals surface area contributed by atoms with Gasteiger partial charge in [0, 0.05) is 18.3 Å². The largest absolute Gasteiger partial charge is 0.333 e. The molecule has 6 heteroatoms. The molecule has 0 aliphatic rings. The number of para-hydroxylation sites is 1. The number of hydrogen-bond acceptors (Lipinski definition) is 3. The molecule has 4 nitrogen and oxygen atoms in total. The Kier molecular flexibility index (Phi) is 4.57. The van der Waals surface area contributed by atoms with Gasteiger partial charge >= 0.3 is 11.8 Å². The van der Waals surface area contributed by atoms with E-state index in [-0.39, 0.29) is 5.69 Å². The molecule has 0 spiro atoms. The normalized spacial score (nSPS) is 10.6. The van der Waals surface area contributed by atoms with Gasteiger partial charge in [-0.2, -0.15) is 0 Å². The zero-order valence-corrected chi connectivity index (χ0v) is 13.8. The first-order chi connectivity index (χ1) is 11.6. The minimum atomic E-state index is -0.859. The first-order valence-corrected chi connectivity index (χ1v) is 8.20. The van der Waals surface area contributed by atoms with Crippen LogP contribution in [0.1, 0.15) is 5.56 Å². The second-order valence-corrected chi connectivity index (χ2v) is 6.26. The molecule has 122 valence electrons. The van der Waals surface area contributed by atoms with Crippen LogP contribution in [0.4, 0.5) is 10.1 Å². The van der Waals surface area contributed by atoms with Crippen LogP contribution in [0, 0.1) is 5.82 Å². The number of halogens is 1. The lowest BCUT2D eigenvalue weighted by Gasteiger charge is -2.16. The number of hydrogen-bond donors (Lipinski definition) is 1. The van der Waals surface area contributed by atoms with E-state index in [1.807, 2.05) is 29.6 Å². The molecule has 1 aromatic heterocycles. The number of likely N-dealkylation sites (N-methyl/N-ethyl adjacent to an activating group) is 1. The van der Waals surface area contributed by atoms with E-state index in [0.717, 1.165) is 15.6 Å². The monoisotopic (exact) mass is 342 g/mol. The molecule has 0 fully saturated rings. The van der Waals surface area contributed by atoms with Crippen molar-refractivity contribution in [2.45, 2.75) is 6.54 Å². The van der Waals surface area contributed by atoms with E-state index < -0.39 is 17.6 Å². The number of rotatable bonds is 3. The van der Waals surface area contributed by atoms with Crippen molar-refractivity contribution < 1.29 is 14.0 Å². The van der Waals surface area contributed by atoms with Crippen LogP contribution < -0.4 is 5.32 Å². The van der Waals surface area contributed by atoms with Gasteiger partial charge in [0.05, 0.1) is 5.69 Å². The summed E-state index contributed by atoms with van der Waals surface area (Å²) in [6.07, 6.45) is 0. The van der Waals surface area contributed by atoms with Crippen molar-refractivity contribution in [3.05, 3.63) is 65.3 Å². The molecule has 0 radical (unpaired) electrons. The third kappa shape index (κ3) is 3.28. The lowest BCUT2D eigenvalue weighted by Crippen LogP contribution is -2.36. The average Bonchev–Trinajstić information content (AvgIpc) is 2.99. The Labute approximate surface area is 142 Å². The average molecular weight is 342 g/mol. The molecule has 2 aromatic carbocycles. The van der Waals surface area contributed by atoms with Crippen LogP contribution in [0.5, 0.6) is 0 Å². The third-order valence-electron chi connectivity index (χ3n) is 3.63. The molecule has 3 aromatic rings. The Bertz CT molecular complexity index is 907. The molecule has 0 saturated heterocycles. The number of fused-ring (bicyclic) bond motifs is 1. The molecule has 0 bridgehead atoms. The molecule has 1 heterocycles. The number of amides is 2. The van der Waals surface area contributed by atoms with E-state index in [4.69, 9.17) is 0 Å². The van der Waals surface area contributed by atoms with Gasteiger partial charge < -0.3 is 10.2 Å². The molecule has 0 aliphatic carbocycles. The zero-order valence-electron chi connectivity index (χ0n) is 13.0. The topological polar surface area (TPSA) is 49.4 Å². The van der Waals surface area contributed by atoms with Gasteiger partial charge in [-0.25, -0.2) is 4.39 Å². The van der Waals surface area contributed by atoms with E-state index in [1.54, 1.807) is 24.5 Å². The second-order valence-electron chi connectivity index (χ2n) is 5.35. The summed E-state index contributed by atoms with van der Waals surface area (Å²) in [5.74, 6) is -2.15. The first kappa shape index (κ1) is 16.1. The maximum Gasteiger partial charge on any atom is 0.313 e. The molecule has 0 unspecified atom stereocenters. The predicted octanol–water partition coefficient (Wildman–Crippen LogP) is 3.64. The van der Waals surface area contributed by atoms with Gasteiger partial charge in [-0.3, -0.25) is 9.59 Å². The van der Waals surface area contributed by atoms with Crippen molar-refractivity contribution >= 4 is 38.9 Å². The number of anilines is 1. The van der Waals surface area contributed by atoms with Crippen molar-refractivity contribution in [3.63, 3.8) is 0 Å². The second kappa shape index (κ2) is 6.80. The maximum absolute atomic E-state index is 13.6. The lowest BCUT2D eigenvalue weighted by atomic mass is 10.1. The van der Waals surface area contributed by atoms with Gasteiger partial charge in [0.2, 0.25) is 0 Å². The summed E-state index contributed by atoms with van der Waals surface area (Å²) in [4.78, 5) is 25.6. The molecule has 2 amide bonds. The van der Waals surface area contributed by atoms with Gasteiger partial charge in [0.15, 0.2) is 0 Å². The van der Waals surface area contributed by atoms with Gasteiger partial charge in [0.25, 0.3) is 0 Å². The highest BCUT2D eigenvalue weighted by Crippen LogP contribution is 2.26. The summed E-state index contributed by atoms with van der Waals surface area (Å²) in [6.45, 7) is 0.313. The van der Waals surface area contributed by atoms with Crippen molar-refractivity contribution in [2.75, 3.05) is 12.4 Å². The standard InChI is InChI=1S/C18H15FN2O2S/c1-21(10-12-11-24-16-9-5-2-6-13(12)16)18(23)17(22)20-15-8-4-3-7-14(15)19/h2-9,11H,10H2,1H3,(H,20,22). The smallest absolute Gasteiger partial charge is 0.313 e. The van der Waals surface area contributed by atoms with E-state index in [9.17, 15) is 14.0 Å². The highest BCUT2D eigenvalue weighted by atomic mass is 32.1. The van der Waals surface area contributed by atoms with Crippen LogP contribution in [0.25, 0.3) is 10.1 Å². The van der Waals surface area contributed by atoms with Crippen molar-refractivity contribution in [3.8, 4) is 0 Å². The molecular weight excluding hydrogens is 327 g/mol. The van der Waals surface area contributed by atoms with Crippen molar-refractivity contribution in [2.24, 2.45) is 0 Å². The fourth-order valence-corrected chi connectivity index (χ4v) is 3.35. The summed E-state index contributed by atoms with van der Waals surface area (Å²) in [5.41, 5.74) is 0.968. The summed E-state index contributed by atoms with van der Waals surface area (Å²) in [6, 6.07) is 13.6. The summed E-state index contributed by atoms with van der Waals surface area (Å²) in [7, 11) is 1.55. The Morgan fingerprint density at radius 1 is 1.12 bits per heavy atom. The lowest BCUT2D eigenvalue weighted by molar-refractivity contribution is -0.142. The van der Waals surface area contributed by atoms with Crippen LogP contribution in [0.3, 0.4) is 0 Å². The van der Waals surface area contributed by atoms with Crippen molar-refractivity contribution in [1.82, 2.24) is 4.90 Å². The maximum atomic E-state index is 13.6. The number of thiophene rings is 1. The van der Waals surface area contributed by atoms with E-state index in [0.29, 0.717) is 6.54 Å².